The number of aryl methyl sites for hydroxylation is 1. The molecule has 3 N–H and O–H groups in total. The van der Waals surface area contributed by atoms with Crippen LogP contribution in [0, 0.1) is 6.92 Å². The molecule has 2 aromatic heterocycles. The molecule has 144 valence electrons. The van der Waals surface area contributed by atoms with E-state index in [0.717, 1.165) is 48.8 Å². The molecule has 0 radical (unpaired) electrons. The Balaban J connectivity index is 1.50. The molecular formula is C22H26N6. The molecule has 1 aliphatic heterocycles. The average Bonchev–Trinajstić information content (AvgIpc) is 3.48. The molecule has 0 atom stereocenters. The highest BCUT2D eigenvalue weighted by Crippen LogP contribution is 2.38. The minimum atomic E-state index is 0.486. The van der Waals surface area contributed by atoms with Gasteiger partial charge < -0.3 is 10.6 Å². The number of rotatable bonds is 5. The van der Waals surface area contributed by atoms with Gasteiger partial charge in [0, 0.05) is 28.8 Å². The number of nitrogens with one attached hydrogen (secondary N) is 3. The number of aromatic amines is 1. The van der Waals surface area contributed by atoms with E-state index in [2.05, 4.69) is 69.1 Å². The van der Waals surface area contributed by atoms with Crippen molar-refractivity contribution in [3.8, 4) is 11.3 Å². The third-order valence-electron chi connectivity index (χ3n) is 5.75. The van der Waals surface area contributed by atoms with E-state index in [4.69, 9.17) is 4.98 Å². The van der Waals surface area contributed by atoms with Crippen LogP contribution in [0.1, 0.15) is 54.6 Å². The van der Waals surface area contributed by atoms with E-state index in [1.165, 1.54) is 24.0 Å². The highest BCUT2D eigenvalue weighted by atomic mass is 15.3. The molecule has 3 aromatic rings. The summed E-state index contributed by atoms with van der Waals surface area (Å²) >= 11 is 0. The number of benzene rings is 1. The van der Waals surface area contributed by atoms with Crippen LogP contribution >= 0.6 is 0 Å². The first-order valence-electron chi connectivity index (χ1n) is 10.2. The molecule has 2 fully saturated rings. The van der Waals surface area contributed by atoms with Crippen molar-refractivity contribution in [2.45, 2.75) is 44.4 Å². The fourth-order valence-corrected chi connectivity index (χ4v) is 3.95. The van der Waals surface area contributed by atoms with Gasteiger partial charge in [-0.2, -0.15) is 4.98 Å². The van der Waals surface area contributed by atoms with Crippen LogP contribution in [0.15, 0.2) is 36.4 Å². The summed E-state index contributed by atoms with van der Waals surface area (Å²) in [6, 6.07) is 12.7. The summed E-state index contributed by atoms with van der Waals surface area (Å²) in [6.45, 7) is 4.24. The lowest BCUT2D eigenvalue weighted by molar-refractivity contribution is 0.453. The molecule has 6 nitrogen and oxygen atoms in total. The van der Waals surface area contributed by atoms with Gasteiger partial charge in [0.15, 0.2) is 0 Å². The van der Waals surface area contributed by atoms with Gasteiger partial charge >= 0.3 is 0 Å². The Labute approximate surface area is 165 Å². The van der Waals surface area contributed by atoms with Crippen LogP contribution in [0.3, 0.4) is 0 Å². The first-order valence-corrected chi connectivity index (χ1v) is 10.2. The van der Waals surface area contributed by atoms with Crippen LogP contribution in [-0.4, -0.2) is 33.3 Å². The second-order valence-electron chi connectivity index (χ2n) is 7.95. The van der Waals surface area contributed by atoms with Crippen molar-refractivity contribution in [2.75, 3.05) is 18.4 Å². The zero-order chi connectivity index (χ0) is 18.9. The van der Waals surface area contributed by atoms with Crippen LogP contribution in [0.25, 0.3) is 11.3 Å². The monoisotopic (exact) mass is 374 g/mol. The zero-order valence-corrected chi connectivity index (χ0v) is 16.2. The van der Waals surface area contributed by atoms with Gasteiger partial charge in [0.1, 0.15) is 5.82 Å². The van der Waals surface area contributed by atoms with E-state index >= 15 is 0 Å². The number of anilines is 2. The largest absolute Gasteiger partial charge is 0.323 e. The average molecular weight is 374 g/mol. The minimum Gasteiger partial charge on any atom is -0.323 e. The van der Waals surface area contributed by atoms with Crippen molar-refractivity contribution < 1.29 is 0 Å². The predicted octanol–water partition coefficient (Wildman–Crippen LogP) is 4.26. The quantitative estimate of drug-likeness (QED) is 0.622. The first-order chi connectivity index (χ1) is 13.8. The minimum absolute atomic E-state index is 0.486. The highest BCUT2D eigenvalue weighted by molar-refractivity contribution is 5.69. The molecule has 3 heterocycles. The molecular weight excluding hydrogens is 348 g/mol. The lowest BCUT2D eigenvalue weighted by Gasteiger charge is -2.23. The second kappa shape index (κ2) is 7.36. The Hall–Kier alpha value is -2.73. The Kier molecular flexibility index (Phi) is 4.56. The van der Waals surface area contributed by atoms with Crippen LogP contribution in [0.5, 0.6) is 0 Å². The zero-order valence-electron chi connectivity index (χ0n) is 16.2. The van der Waals surface area contributed by atoms with E-state index < -0.39 is 0 Å². The summed E-state index contributed by atoms with van der Waals surface area (Å²) < 4.78 is 0. The molecule has 1 aliphatic carbocycles. The molecule has 28 heavy (non-hydrogen) atoms. The Morgan fingerprint density at radius 1 is 0.964 bits per heavy atom. The van der Waals surface area contributed by atoms with Gasteiger partial charge in [-0.3, -0.25) is 10.1 Å². The summed E-state index contributed by atoms with van der Waals surface area (Å²) in [6.07, 6.45) is 4.66. The lowest BCUT2D eigenvalue weighted by Crippen LogP contribution is -2.27. The van der Waals surface area contributed by atoms with Gasteiger partial charge in [-0.05, 0) is 63.4 Å². The van der Waals surface area contributed by atoms with Crippen LogP contribution in [-0.2, 0) is 0 Å². The molecule has 5 rings (SSSR count). The summed E-state index contributed by atoms with van der Waals surface area (Å²) in [5.74, 6) is 2.68. The van der Waals surface area contributed by atoms with E-state index in [9.17, 15) is 0 Å². The van der Waals surface area contributed by atoms with Crippen LogP contribution in [0.2, 0.25) is 0 Å². The molecule has 0 spiro atoms. The lowest BCUT2D eigenvalue weighted by atomic mass is 9.93. The summed E-state index contributed by atoms with van der Waals surface area (Å²) in [5, 5.41) is 14.3. The fraction of sp³-hybridized carbons (Fsp3) is 0.409. The predicted molar refractivity (Wildman–Crippen MR) is 111 cm³/mol. The van der Waals surface area contributed by atoms with Gasteiger partial charge in [0.25, 0.3) is 0 Å². The maximum atomic E-state index is 5.06. The number of hydrogen-bond acceptors (Lipinski definition) is 5. The van der Waals surface area contributed by atoms with Crippen molar-refractivity contribution in [2.24, 2.45) is 0 Å². The smallest absolute Gasteiger partial charge is 0.246 e. The molecule has 2 aliphatic rings. The standard InChI is InChI=1S/C22H26N6/c1-14-4-2-3-5-18(14)20-13-17(12-19(25-20)15-8-10-23-11-9-15)24-22-26-21(27-28-22)16-6-7-16/h2-5,12-13,15-16,23H,6-11H2,1H3,(H2,24,25,26,27,28). The fourth-order valence-electron chi connectivity index (χ4n) is 3.95. The van der Waals surface area contributed by atoms with Gasteiger partial charge in [-0.15, -0.1) is 5.10 Å². The number of pyridine rings is 1. The molecule has 6 heteroatoms. The van der Waals surface area contributed by atoms with Crippen molar-refractivity contribution in [3.05, 3.63) is 53.5 Å². The number of hydrogen-bond donors (Lipinski definition) is 3. The van der Waals surface area contributed by atoms with Crippen molar-refractivity contribution in [1.82, 2.24) is 25.5 Å². The number of aromatic nitrogens is 4. The number of H-pyrrole nitrogens is 1. The van der Waals surface area contributed by atoms with Crippen molar-refractivity contribution in [1.29, 1.82) is 0 Å². The van der Waals surface area contributed by atoms with Crippen molar-refractivity contribution >= 4 is 11.6 Å². The van der Waals surface area contributed by atoms with Crippen LogP contribution in [0.4, 0.5) is 11.6 Å². The van der Waals surface area contributed by atoms with Crippen LogP contribution < -0.4 is 10.6 Å². The molecule has 1 saturated carbocycles. The highest BCUT2D eigenvalue weighted by Gasteiger charge is 2.27. The third-order valence-corrected chi connectivity index (χ3v) is 5.75. The van der Waals surface area contributed by atoms with Gasteiger partial charge in [0.05, 0.1) is 5.69 Å². The number of nitrogens with zero attached hydrogens (tertiary/aromatic N) is 3. The summed E-state index contributed by atoms with van der Waals surface area (Å²) in [7, 11) is 0. The second-order valence-corrected chi connectivity index (χ2v) is 7.95. The normalized spacial score (nSPS) is 17.6. The van der Waals surface area contributed by atoms with Crippen molar-refractivity contribution in [3.63, 3.8) is 0 Å². The summed E-state index contributed by atoms with van der Waals surface area (Å²) in [4.78, 5) is 9.68. The van der Waals surface area contributed by atoms with E-state index in [1.54, 1.807) is 0 Å². The molecule has 0 amide bonds. The topological polar surface area (TPSA) is 78.5 Å². The summed E-state index contributed by atoms with van der Waals surface area (Å²) in [5.41, 5.74) is 5.58. The van der Waals surface area contributed by atoms with E-state index in [1.807, 2.05) is 0 Å². The van der Waals surface area contributed by atoms with Gasteiger partial charge in [-0.25, -0.2) is 0 Å². The molecule has 1 aromatic carbocycles. The SMILES string of the molecule is Cc1ccccc1-c1cc(Nc2n[nH]c(C3CC3)n2)cc(C2CCNCC2)n1. The third kappa shape index (κ3) is 3.64. The molecule has 0 bridgehead atoms. The van der Waals surface area contributed by atoms with Gasteiger partial charge in [0.2, 0.25) is 5.95 Å². The molecule has 0 unspecified atom stereocenters. The Morgan fingerprint density at radius 3 is 2.57 bits per heavy atom. The molecule has 1 saturated heterocycles. The van der Waals surface area contributed by atoms with Gasteiger partial charge in [-0.1, -0.05) is 24.3 Å². The first kappa shape index (κ1) is 17.4. The maximum absolute atomic E-state index is 5.06. The Bertz CT molecular complexity index is 969. The number of piperidine rings is 1. The van der Waals surface area contributed by atoms with E-state index in [-0.39, 0.29) is 0 Å². The maximum Gasteiger partial charge on any atom is 0.246 e. The Morgan fingerprint density at radius 2 is 1.79 bits per heavy atom. The van der Waals surface area contributed by atoms with E-state index in [0.29, 0.717) is 17.8 Å².